The quantitative estimate of drug-likeness (QED) is 0.630. The minimum absolute atomic E-state index is 0.0127. The summed E-state index contributed by atoms with van der Waals surface area (Å²) < 4.78 is 26.5. The van der Waals surface area contributed by atoms with Gasteiger partial charge in [-0.3, -0.25) is 0 Å². The van der Waals surface area contributed by atoms with E-state index in [4.69, 9.17) is 23.2 Å². The normalized spacial score (nSPS) is 12.7. The highest BCUT2D eigenvalue weighted by Crippen LogP contribution is 2.27. The molecule has 106 valence electrons. The second kappa shape index (κ2) is 5.79. The summed E-state index contributed by atoms with van der Waals surface area (Å²) in [6.07, 6.45) is 2.74. The Morgan fingerprint density at radius 3 is 2.42 bits per heavy atom. The Bertz CT molecular complexity index is 580. The van der Waals surface area contributed by atoms with Gasteiger partial charge < -0.3 is 0 Å². The zero-order valence-corrected chi connectivity index (χ0v) is 13.3. The summed E-state index contributed by atoms with van der Waals surface area (Å²) in [5.41, 5.74) is -0.584. The minimum atomic E-state index is -3.70. The molecule has 0 amide bonds. The predicted molar refractivity (Wildman–Crippen MR) is 78.1 cm³/mol. The van der Waals surface area contributed by atoms with E-state index in [2.05, 4.69) is 11.6 Å². The Labute approximate surface area is 124 Å². The van der Waals surface area contributed by atoms with Crippen LogP contribution in [-0.2, 0) is 10.0 Å². The molecule has 1 aromatic rings. The Morgan fingerprint density at radius 1 is 1.42 bits per heavy atom. The van der Waals surface area contributed by atoms with Crippen LogP contribution in [0.4, 0.5) is 0 Å². The van der Waals surface area contributed by atoms with Crippen molar-refractivity contribution < 1.29 is 8.42 Å². The topological polar surface area (TPSA) is 50.3 Å². The summed E-state index contributed by atoms with van der Waals surface area (Å²) in [6, 6.07) is 1.30. The van der Waals surface area contributed by atoms with Gasteiger partial charge in [-0.1, -0.05) is 29.3 Å². The summed E-state index contributed by atoms with van der Waals surface area (Å²) in [5, 5.41) is 0.182. The molecule has 0 saturated heterocycles. The molecule has 0 N–H and O–H groups in total. The molecule has 0 atom stereocenters. The molecule has 0 radical (unpaired) electrons. The fraction of sp³-hybridized carbons (Fsp3) is 0.417. The second-order valence-electron chi connectivity index (χ2n) is 4.94. The summed E-state index contributed by atoms with van der Waals surface area (Å²) >= 11 is 11.5. The number of aromatic nitrogens is 1. The van der Waals surface area contributed by atoms with E-state index in [1.54, 1.807) is 20.8 Å². The number of sulfonamides is 1. The fourth-order valence-electron chi connectivity index (χ4n) is 1.52. The van der Waals surface area contributed by atoms with Crippen molar-refractivity contribution in [3.05, 3.63) is 35.1 Å². The molecule has 0 fully saturated rings. The van der Waals surface area contributed by atoms with E-state index in [1.807, 2.05) is 0 Å². The Kier molecular flexibility index (Phi) is 5.01. The maximum atomic E-state index is 12.6. The van der Waals surface area contributed by atoms with Crippen LogP contribution in [0.25, 0.3) is 0 Å². The van der Waals surface area contributed by atoms with Crippen molar-refractivity contribution in [2.45, 2.75) is 31.2 Å². The van der Waals surface area contributed by atoms with Gasteiger partial charge in [0, 0.05) is 18.3 Å². The van der Waals surface area contributed by atoms with Crippen LogP contribution in [0.15, 0.2) is 29.8 Å². The Morgan fingerprint density at radius 2 is 2.00 bits per heavy atom. The monoisotopic (exact) mass is 322 g/mol. The van der Waals surface area contributed by atoms with Gasteiger partial charge in [0.15, 0.2) is 0 Å². The van der Waals surface area contributed by atoms with E-state index in [0.717, 1.165) is 0 Å². The van der Waals surface area contributed by atoms with Crippen LogP contribution in [0.1, 0.15) is 20.8 Å². The van der Waals surface area contributed by atoms with Crippen LogP contribution >= 0.6 is 23.2 Å². The summed E-state index contributed by atoms with van der Waals surface area (Å²) in [5.74, 6) is 0. The van der Waals surface area contributed by atoms with Crippen LogP contribution in [0.2, 0.25) is 10.2 Å². The summed E-state index contributed by atoms with van der Waals surface area (Å²) in [6.45, 7) is 9.20. The fourth-order valence-corrected chi connectivity index (χ4v) is 3.59. The Balaban J connectivity index is 3.34. The van der Waals surface area contributed by atoms with Gasteiger partial charge in [-0.25, -0.2) is 13.4 Å². The first-order valence-corrected chi connectivity index (χ1v) is 7.75. The van der Waals surface area contributed by atoms with Gasteiger partial charge in [0.05, 0.1) is 5.02 Å². The zero-order valence-electron chi connectivity index (χ0n) is 11.0. The number of halogens is 2. The molecule has 4 nitrogen and oxygen atoms in total. The molecule has 0 spiro atoms. The molecular weight excluding hydrogens is 307 g/mol. The van der Waals surface area contributed by atoms with Crippen LogP contribution in [0, 0.1) is 0 Å². The lowest BCUT2D eigenvalue weighted by Crippen LogP contribution is -2.45. The molecule has 0 aromatic carbocycles. The molecule has 0 aliphatic rings. The maximum Gasteiger partial charge on any atom is 0.245 e. The lowest BCUT2D eigenvalue weighted by molar-refractivity contribution is 0.270. The molecule has 0 aliphatic carbocycles. The third-order valence-corrected chi connectivity index (χ3v) is 5.18. The molecule has 1 heterocycles. The maximum absolute atomic E-state index is 12.6. The van der Waals surface area contributed by atoms with Crippen molar-refractivity contribution in [2.75, 3.05) is 6.54 Å². The largest absolute Gasteiger partial charge is 0.245 e. The SMILES string of the molecule is C=CCN(C(C)(C)C)S(=O)(=O)c1cnc(Cl)c(Cl)c1. The van der Waals surface area contributed by atoms with Crippen LogP contribution in [0.3, 0.4) is 0 Å². The van der Waals surface area contributed by atoms with E-state index >= 15 is 0 Å². The van der Waals surface area contributed by atoms with Gasteiger partial charge in [-0.15, -0.1) is 6.58 Å². The summed E-state index contributed by atoms with van der Waals surface area (Å²) in [4.78, 5) is 3.78. The zero-order chi connectivity index (χ0) is 14.8. The first kappa shape index (κ1) is 16.4. The number of hydrogen-bond acceptors (Lipinski definition) is 3. The molecule has 0 bridgehead atoms. The minimum Gasteiger partial charge on any atom is -0.242 e. The van der Waals surface area contributed by atoms with Gasteiger partial charge in [-0.05, 0) is 26.8 Å². The van der Waals surface area contributed by atoms with Crippen molar-refractivity contribution in [3.63, 3.8) is 0 Å². The van der Waals surface area contributed by atoms with E-state index in [0.29, 0.717) is 0 Å². The third-order valence-electron chi connectivity index (χ3n) is 2.40. The molecule has 0 saturated carbocycles. The van der Waals surface area contributed by atoms with Crippen molar-refractivity contribution in [2.24, 2.45) is 0 Å². The number of hydrogen-bond donors (Lipinski definition) is 0. The predicted octanol–water partition coefficient (Wildman–Crippen LogP) is 3.36. The van der Waals surface area contributed by atoms with Crippen molar-refractivity contribution in [3.8, 4) is 0 Å². The second-order valence-corrected chi connectivity index (χ2v) is 7.57. The highest BCUT2D eigenvalue weighted by Gasteiger charge is 2.33. The van der Waals surface area contributed by atoms with Gasteiger partial charge in [0.1, 0.15) is 10.0 Å². The molecule has 1 aromatic heterocycles. The first-order chi connectivity index (χ1) is 8.60. The van der Waals surface area contributed by atoms with Crippen LogP contribution in [-0.4, -0.2) is 29.8 Å². The smallest absolute Gasteiger partial charge is 0.242 e. The molecule has 7 heteroatoms. The van der Waals surface area contributed by atoms with Gasteiger partial charge in [-0.2, -0.15) is 4.31 Å². The van der Waals surface area contributed by atoms with Crippen molar-refractivity contribution in [1.29, 1.82) is 0 Å². The first-order valence-electron chi connectivity index (χ1n) is 5.55. The highest BCUT2D eigenvalue weighted by atomic mass is 35.5. The standard InChI is InChI=1S/C12H16Cl2N2O2S/c1-5-6-16(12(2,3)4)19(17,18)9-7-10(13)11(14)15-8-9/h5,7-8H,1,6H2,2-4H3. The lowest BCUT2D eigenvalue weighted by atomic mass is 10.1. The van der Waals surface area contributed by atoms with E-state index in [-0.39, 0.29) is 21.6 Å². The molecule has 0 unspecified atom stereocenters. The highest BCUT2D eigenvalue weighted by molar-refractivity contribution is 7.89. The summed E-state index contributed by atoms with van der Waals surface area (Å²) in [7, 11) is -3.70. The average molecular weight is 323 g/mol. The van der Waals surface area contributed by atoms with Crippen molar-refractivity contribution in [1.82, 2.24) is 9.29 Å². The Hall–Kier alpha value is -0.620. The van der Waals surface area contributed by atoms with Gasteiger partial charge in [0.25, 0.3) is 0 Å². The molecular formula is C12H16Cl2N2O2S. The van der Waals surface area contributed by atoms with Gasteiger partial charge in [0.2, 0.25) is 10.0 Å². The van der Waals surface area contributed by atoms with Crippen molar-refractivity contribution >= 4 is 33.2 Å². The van der Waals surface area contributed by atoms with E-state index < -0.39 is 15.6 Å². The molecule has 19 heavy (non-hydrogen) atoms. The lowest BCUT2D eigenvalue weighted by Gasteiger charge is -2.33. The van der Waals surface area contributed by atoms with Crippen LogP contribution < -0.4 is 0 Å². The van der Waals surface area contributed by atoms with Gasteiger partial charge >= 0.3 is 0 Å². The third kappa shape index (κ3) is 3.69. The number of nitrogens with zero attached hydrogens (tertiary/aromatic N) is 2. The van der Waals surface area contributed by atoms with E-state index in [9.17, 15) is 8.42 Å². The number of rotatable bonds is 4. The molecule has 0 aliphatic heterocycles. The number of pyridine rings is 1. The average Bonchev–Trinajstić information content (AvgIpc) is 2.27. The molecule has 1 rings (SSSR count). The van der Waals surface area contributed by atoms with E-state index in [1.165, 1.54) is 22.6 Å². The van der Waals surface area contributed by atoms with Crippen LogP contribution in [0.5, 0.6) is 0 Å².